The van der Waals surface area contributed by atoms with E-state index < -0.39 is 0 Å². The Hall–Kier alpha value is -7.22. The zero-order valence-corrected chi connectivity index (χ0v) is 30.5. The van der Waals surface area contributed by atoms with Crippen molar-refractivity contribution in [3.63, 3.8) is 0 Å². The fourth-order valence-electron chi connectivity index (χ4n) is 7.44. The van der Waals surface area contributed by atoms with E-state index in [1.807, 2.05) is 0 Å². The minimum atomic E-state index is 1.09. The van der Waals surface area contributed by atoms with Crippen molar-refractivity contribution in [1.29, 1.82) is 0 Å². The average Bonchev–Trinajstić information content (AvgIpc) is 3.28. The van der Waals surface area contributed by atoms with Gasteiger partial charge in [0, 0.05) is 17.1 Å². The lowest BCUT2D eigenvalue weighted by molar-refractivity contribution is 1.28. The molecule has 9 aromatic carbocycles. The van der Waals surface area contributed by atoms with E-state index in [4.69, 9.17) is 0 Å². The lowest BCUT2D eigenvalue weighted by atomic mass is 9.91. The first-order valence-corrected chi connectivity index (χ1v) is 18.8. The van der Waals surface area contributed by atoms with Gasteiger partial charge in [-0.25, -0.2) is 0 Å². The quantitative estimate of drug-likeness (QED) is 0.145. The molecule has 0 aliphatic carbocycles. The molecule has 9 aromatic rings. The molecular formula is C54H39N. The molecule has 0 aromatic heterocycles. The number of hydrogen-bond acceptors (Lipinski definition) is 1. The Morgan fingerprint density at radius 1 is 0.182 bits per heavy atom. The molecule has 0 saturated heterocycles. The van der Waals surface area contributed by atoms with Crippen LogP contribution in [0.5, 0.6) is 0 Å². The van der Waals surface area contributed by atoms with E-state index in [1.165, 1.54) is 66.8 Å². The number of nitrogens with zero attached hydrogens (tertiary/aromatic N) is 1. The summed E-state index contributed by atoms with van der Waals surface area (Å²) >= 11 is 0. The van der Waals surface area contributed by atoms with E-state index in [0.717, 1.165) is 17.1 Å². The van der Waals surface area contributed by atoms with Crippen molar-refractivity contribution in [3.05, 3.63) is 237 Å². The molecule has 9 rings (SSSR count). The molecule has 0 aliphatic rings. The van der Waals surface area contributed by atoms with Gasteiger partial charge >= 0.3 is 0 Å². The Morgan fingerprint density at radius 2 is 0.509 bits per heavy atom. The van der Waals surface area contributed by atoms with Gasteiger partial charge < -0.3 is 4.90 Å². The van der Waals surface area contributed by atoms with Crippen LogP contribution in [0.15, 0.2) is 237 Å². The number of benzene rings is 9. The molecule has 55 heavy (non-hydrogen) atoms. The number of rotatable bonds is 9. The first-order chi connectivity index (χ1) is 27.3. The van der Waals surface area contributed by atoms with Gasteiger partial charge in [-0.05, 0) is 109 Å². The predicted molar refractivity (Wildman–Crippen MR) is 234 cm³/mol. The third kappa shape index (κ3) is 7.25. The van der Waals surface area contributed by atoms with Crippen LogP contribution in [-0.4, -0.2) is 0 Å². The molecule has 0 heterocycles. The van der Waals surface area contributed by atoms with E-state index in [0.29, 0.717) is 0 Å². The van der Waals surface area contributed by atoms with Crippen LogP contribution in [0.25, 0.3) is 66.8 Å². The lowest BCUT2D eigenvalue weighted by Crippen LogP contribution is -2.10. The summed E-state index contributed by atoms with van der Waals surface area (Å²) in [7, 11) is 0. The second-order valence-electron chi connectivity index (χ2n) is 13.8. The van der Waals surface area contributed by atoms with Gasteiger partial charge in [-0.1, -0.05) is 194 Å². The zero-order valence-electron chi connectivity index (χ0n) is 30.5. The zero-order chi connectivity index (χ0) is 36.8. The Morgan fingerprint density at radius 3 is 1.00 bits per heavy atom. The molecule has 0 bridgehead atoms. The van der Waals surface area contributed by atoms with Crippen molar-refractivity contribution in [1.82, 2.24) is 0 Å². The molecule has 0 amide bonds. The average molecular weight is 702 g/mol. The molecule has 260 valence electrons. The summed E-state index contributed by atoms with van der Waals surface area (Å²) in [5, 5.41) is 0. The van der Waals surface area contributed by atoms with E-state index >= 15 is 0 Å². The molecule has 1 heteroatoms. The third-order valence-corrected chi connectivity index (χ3v) is 10.3. The first-order valence-electron chi connectivity index (χ1n) is 18.8. The Balaban J connectivity index is 1.09. The van der Waals surface area contributed by atoms with Gasteiger partial charge in [0.25, 0.3) is 0 Å². The molecule has 0 saturated carbocycles. The van der Waals surface area contributed by atoms with E-state index in [2.05, 4.69) is 241 Å². The maximum absolute atomic E-state index is 2.36. The SMILES string of the molecule is c1ccc(-c2ccc(-c3ccc(N(c4ccc(-c5ccc(-c6ccccc6)cc5-c5ccccc5)cc4)c4cccc(-c5ccccc5)c4)cc3)cc2)cc1. The topological polar surface area (TPSA) is 3.24 Å². The van der Waals surface area contributed by atoms with Crippen LogP contribution in [-0.2, 0) is 0 Å². The molecule has 1 nitrogen and oxygen atoms in total. The van der Waals surface area contributed by atoms with Gasteiger partial charge in [0.1, 0.15) is 0 Å². The van der Waals surface area contributed by atoms with Gasteiger partial charge in [-0.15, -0.1) is 0 Å². The predicted octanol–water partition coefficient (Wildman–Crippen LogP) is 15.2. The van der Waals surface area contributed by atoms with Crippen molar-refractivity contribution in [2.24, 2.45) is 0 Å². The Labute approximate surface area is 324 Å². The van der Waals surface area contributed by atoms with Crippen LogP contribution in [0.4, 0.5) is 17.1 Å². The third-order valence-electron chi connectivity index (χ3n) is 10.3. The number of hydrogen-bond donors (Lipinski definition) is 0. The first kappa shape index (κ1) is 33.6. The molecule has 0 aliphatic heterocycles. The highest BCUT2D eigenvalue weighted by Crippen LogP contribution is 2.40. The van der Waals surface area contributed by atoms with Crippen molar-refractivity contribution in [2.45, 2.75) is 0 Å². The minimum Gasteiger partial charge on any atom is -0.310 e. The summed E-state index contributed by atoms with van der Waals surface area (Å²) in [6, 6.07) is 84.9. The maximum Gasteiger partial charge on any atom is 0.0467 e. The van der Waals surface area contributed by atoms with Crippen molar-refractivity contribution < 1.29 is 0 Å². The molecule has 0 fully saturated rings. The molecule has 0 spiro atoms. The van der Waals surface area contributed by atoms with Crippen molar-refractivity contribution >= 4 is 17.1 Å². The molecule has 0 radical (unpaired) electrons. The summed E-state index contributed by atoms with van der Waals surface area (Å²) in [6.45, 7) is 0. The number of anilines is 3. The summed E-state index contributed by atoms with van der Waals surface area (Å²) in [4.78, 5) is 2.36. The minimum absolute atomic E-state index is 1.09. The Bertz CT molecular complexity index is 2630. The van der Waals surface area contributed by atoms with Crippen LogP contribution < -0.4 is 4.90 Å². The summed E-state index contributed by atoms with van der Waals surface area (Å²) in [5.74, 6) is 0. The highest BCUT2D eigenvalue weighted by Gasteiger charge is 2.16. The van der Waals surface area contributed by atoms with Gasteiger partial charge in [0.2, 0.25) is 0 Å². The van der Waals surface area contributed by atoms with Gasteiger partial charge in [0.05, 0.1) is 0 Å². The van der Waals surface area contributed by atoms with Crippen molar-refractivity contribution in [3.8, 4) is 66.8 Å². The second kappa shape index (κ2) is 15.4. The van der Waals surface area contributed by atoms with Crippen LogP contribution >= 0.6 is 0 Å². The summed E-state index contributed by atoms with van der Waals surface area (Å²) in [6.07, 6.45) is 0. The summed E-state index contributed by atoms with van der Waals surface area (Å²) < 4.78 is 0. The van der Waals surface area contributed by atoms with Gasteiger partial charge in [-0.2, -0.15) is 0 Å². The monoisotopic (exact) mass is 701 g/mol. The van der Waals surface area contributed by atoms with E-state index in [1.54, 1.807) is 0 Å². The molecule has 0 N–H and O–H groups in total. The van der Waals surface area contributed by atoms with E-state index in [-0.39, 0.29) is 0 Å². The second-order valence-corrected chi connectivity index (χ2v) is 13.8. The maximum atomic E-state index is 2.36. The lowest BCUT2D eigenvalue weighted by Gasteiger charge is -2.26. The fourth-order valence-corrected chi connectivity index (χ4v) is 7.44. The largest absolute Gasteiger partial charge is 0.310 e. The van der Waals surface area contributed by atoms with Crippen LogP contribution in [0.1, 0.15) is 0 Å². The highest BCUT2D eigenvalue weighted by molar-refractivity contribution is 5.89. The normalized spacial score (nSPS) is 10.9. The van der Waals surface area contributed by atoms with Crippen LogP contribution in [0, 0.1) is 0 Å². The highest BCUT2D eigenvalue weighted by atomic mass is 15.1. The van der Waals surface area contributed by atoms with E-state index in [9.17, 15) is 0 Å². The van der Waals surface area contributed by atoms with Gasteiger partial charge in [-0.3, -0.25) is 0 Å². The Kier molecular flexibility index (Phi) is 9.41. The van der Waals surface area contributed by atoms with Gasteiger partial charge in [0.15, 0.2) is 0 Å². The smallest absolute Gasteiger partial charge is 0.0467 e. The molecular weight excluding hydrogens is 663 g/mol. The standard InChI is InChI=1S/C54H39N/c1-5-14-40(15-6-1)43-24-26-44(27-25-43)45-28-33-50(34-29-45)55(52-23-13-22-48(38-52)41-16-7-2-8-17-41)51-35-30-47(31-36-51)53-37-32-49(42-18-9-3-10-19-42)39-54(53)46-20-11-4-12-21-46/h1-39H. The van der Waals surface area contributed by atoms with Crippen LogP contribution in [0.3, 0.4) is 0 Å². The summed E-state index contributed by atoms with van der Waals surface area (Å²) in [5.41, 5.74) is 17.7. The van der Waals surface area contributed by atoms with Crippen LogP contribution in [0.2, 0.25) is 0 Å². The van der Waals surface area contributed by atoms with Crippen molar-refractivity contribution in [2.75, 3.05) is 4.90 Å². The molecule has 0 atom stereocenters. The fraction of sp³-hybridized carbons (Fsp3) is 0. The molecule has 0 unspecified atom stereocenters.